The Kier molecular flexibility index (Phi) is 3.82. The summed E-state index contributed by atoms with van der Waals surface area (Å²) in [5.74, 6) is 0.974. The van der Waals surface area contributed by atoms with Gasteiger partial charge >= 0.3 is 0 Å². The van der Waals surface area contributed by atoms with Gasteiger partial charge in [0.05, 0.1) is 6.10 Å². The molecule has 14 heavy (non-hydrogen) atoms. The van der Waals surface area contributed by atoms with E-state index in [9.17, 15) is 0 Å². The largest absolute Gasteiger partial charge is 0.378 e. The molecule has 0 radical (unpaired) electrons. The molecule has 0 aromatic rings. The number of nitrogens with one attached hydrogen (secondary N) is 1. The van der Waals surface area contributed by atoms with Crippen molar-refractivity contribution in [2.75, 3.05) is 13.2 Å². The van der Waals surface area contributed by atoms with Gasteiger partial charge in [-0.15, -0.1) is 0 Å². The molecular formula is C12H23NO. The van der Waals surface area contributed by atoms with Crippen LogP contribution in [-0.2, 0) is 4.74 Å². The minimum Gasteiger partial charge on any atom is -0.378 e. The van der Waals surface area contributed by atoms with Crippen LogP contribution in [0.4, 0.5) is 0 Å². The Balaban J connectivity index is 1.55. The third kappa shape index (κ3) is 2.96. The van der Waals surface area contributed by atoms with Gasteiger partial charge in [-0.1, -0.05) is 6.42 Å². The van der Waals surface area contributed by atoms with Crippen LogP contribution in [-0.4, -0.2) is 25.3 Å². The second-order valence-corrected chi connectivity index (χ2v) is 4.98. The lowest BCUT2D eigenvalue weighted by atomic mass is 9.85. The van der Waals surface area contributed by atoms with Crippen LogP contribution in [0.3, 0.4) is 0 Å². The van der Waals surface area contributed by atoms with Crippen LogP contribution in [0.15, 0.2) is 0 Å². The van der Waals surface area contributed by atoms with Gasteiger partial charge in [0.1, 0.15) is 0 Å². The molecule has 2 heteroatoms. The van der Waals surface area contributed by atoms with Crippen LogP contribution >= 0.6 is 0 Å². The second-order valence-electron chi connectivity index (χ2n) is 4.98. The summed E-state index contributed by atoms with van der Waals surface area (Å²) in [6.45, 7) is 4.51. The summed E-state index contributed by atoms with van der Waals surface area (Å²) in [6, 6.07) is 0.638. The molecule has 82 valence electrons. The summed E-state index contributed by atoms with van der Waals surface area (Å²) in [5, 5.41) is 3.63. The molecule has 2 unspecified atom stereocenters. The molecule has 0 bridgehead atoms. The van der Waals surface area contributed by atoms with Crippen molar-refractivity contribution in [3.8, 4) is 0 Å². The molecule has 2 nitrogen and oxygen atoms in total. The molecule has 2 fully saturated rings. The predicted octanol–water partition coefficient (Wildman–Crippen LogP) is 2.33. The second kappa shape index (κ2) is 5.13. The van der Waals surface area contributed by atoms with E-state index in [1.807, 2.05) is 0 Å². The lowest BCUT2D eigenvalue weighted by Gasteiger charge is -2.28. The zero-order valence-corrected chi connectivity index (χ0v) is 9.30. The van der Waals surface area contributed by atoms with Gasteiger partial charge in [0.25, 0.3) is 0 Å². The lowest BCUT2D eigenvalue weighted by Crippen LogP contribution is -2.35. The van der Waals surface area contributed by atoms with Crippen molar-refractivity contribution < 1.29 is 4.74 Å². The van der Waals surface area contributed by atoms with E-state index in [4.69, 9.17) is 4.74 Å². The molecule has 1 N–H and O–H groups in total. The fourth-order valence-electron chi connectivity index (χ4n) is 2.37. The van der Waals surface area contributed by atoms with Crippen molar-refractivity contribution in [1.82, 2.24) is 5.32 Å². The Morgan fingerprint density at radius 2 is 2.14 bits per heavy atom. The smallest absolute Gasteiger partial charge is 0.0590 e. The van der Waals surface area contributed by atoms with Crippen molar-refractivity contribution in [1.29, 1.82) is 0 Å². The quantitative estimate of drug-likeness (QED) is 0.730. The topological polar surface area (TPSA) is 21.3 Å². The standard InChI is InChI=1S/C12H23NO/c1-10(8-12-6-3-7-14-12)13-9-11-4-2-5-11/h10-13H,2-9H2,1H3. The number of hydrogen-bond acceptors (Lipinski definition) is 2. The highest BCUT2D eigenvalue weighted by Crippen LogP contribution is 2.25. The first-order chi connectivity index (χ1) is 6.84. The number of hydrogen-bond donors (Lipinski definition) is 1. The molecule has 0 spiro atoms. The first-order valence-electron chi connectivity index (χ1n) is 6.19. The van der Waals surface area contributed by atoms with Crippen molar-refractivity contribution >= 4 is 0 Å². The summed E-state index contributed by atoms with van der Waals surface area (Å²) >= 11 is 0. The molecule has 1 saturated heterocycles. The highest BCUT2D eigenvalue weighted by Gasteiger charge is 2.20. The zero-order chi connectivity index (χ0) is 9.80. The fourth-order valence-corrected chi connectivity index (χ4v) is 2.37. The predicted molar refractivity (Wildman–Crippen MR) is 58.4 cm³/mol. The van der Waals surface area contributed by atoms with Gasteiger partial charge in [0, 0.05) is 12.6 Å². The molecule has 1 saturated carbocycles. The van der Waals surface area contributed by atoms with Gasteiger partial charge in [0.15, 0.2) is 0 Å². The van der Waals surface area contributed by atoms with E-state index in [1.165, 1.54) is 45.1 Å². The average molecular weight is 197 g/mol. The first kappa shape index (κ1) is 10.4. The Labute approximate surface area is 87.4 Å². The van der Waals surface area contributed by atoms with E-state index in [1.54, 1.807) is 0 Å². The SMILES string of the molecule is CC(CC1CCCO1)NCC1CCC1. The van der Waals surface area contributed by atoms with E-state index in [0.29, 0.717) is 12.1 Å². The summed E-state index contributed by atoms with van der Waals surface area (Å²) in [7, 11) is 0. The van der Waals surface area contributed by atoms with Gasteiger partial charge < -0.3 is 10.1 Å². The Bertz CT molecular complexity index is 162. The Hall–Kier alpha value is -0.0800. The van der Waals surface area contributed by atoms with Crippen molar-refractivity contribution in [3.05, 3.63) is 0 Å². The van der Waals surface area contributed by atoms with Crippen LogP contribution in [0.5, 0.6) is 0 Å². The number of rotatable bonds is 5. The summed E-state index contributed by atoms with van der Waals surface area (Å²) in [6.07, 6.45) is 8.62. The van der Waals surface area contributed by atoms with E-state index in [0.717, 1.165) is 12.5 Å². The van der Waals surface area contributed by atoms with E-state index in [-0.39, 0.29) is 0 Å². The summed E-state index contributed by atoms with van der Waals surface area (Å²) in [4.78, 5) is 0. The number of ether oxygens (including phenoxy) is 1. The minimum absolute atomic E-state index is 0.541. The molecule has 0 amide bonds. The van der Waals surface area contributed by atoms with Crippen LogP contribution in [0.2, 0.25) is 0 Å². The monoisotopic (exact) mass is 197 g/mol. The molecule has 0 aromatic heterocycles. The third-order valence-corrected chi connectivity index (χ3v) is 3.62. The summed E-state index contributed by atoms with van der Waals surface area (Å²) < 4.78 is 5.63. The molecular weight excluding hydrogens is 174 g/mol. The van der Waals surface area contributed by atoms with Crippen LogP contribution in [0.25, 0.3) is 0 Å². The normalized spacial score (nSPS) is 30.2. The molecule has 1 heterocycles. The van der Waals surface area contributed by atoms with Gasteiger partial charge in [0.2, 0.25) is 0 Å². The van der Waals surface area contributed by atoms with Crippen molar-refractivity contribution in [2.45, 2.75) is 57.6 Å². The highest BCUT2D eigenvalue weighted by molar-refractivity contribution is 4.76. The van der Waals surface area contributed by atoms with Gasteiger partial charge in [-0.25, -0.2) is 0 Å². The molecule has 1 aliphatic heterocycles. The van der Waals surface area contributed by atoms with Gasteiger partial charge in [-0.2, -0.15) is 0 Å². The molecule has 2 rings (SSSR count). The van der Waals surface area contributed by atoms with E-state index < -0.39 is 0 Å². The van der Waals surface area contributed by atoms with Crippen LogP contribution < -0.4 is 5.32 Å². The maximum absolute atomic E-state index is 5.63. The van der Waals surface area contributed by atoms with Crippen molar-refractivity contribution in [3.63, 3.8) is 0 Å². The molecule has 0 aromatic carbocycles. The Morgan fingerprint density at radius 1 is 1.29 bits per heavy atom. The minimum atomic E-state index is 0.541. The van der Waals surface area contributed by atoms with E-state index in [2.05, 4.69) is 12.2 Å². The Morgan fingerprint density at radius 3 is 2.71 bits per heavy atom. The van der Waals surface area contributed by atoms with Gasteiger partial charge in [-0.3, -0.25) is 0 Å². The zero-order valence-electron chi connectivity index (χ0n) is 9.30. The fraction of sp³-hybridized carbons (Fsp3) is 1.00. The van der Waals surface area contributed by atoms with E-state index >= 15 is 0 Å². The average Bonchev–Trinajstić information content (AvgIpc) is 2.54. The highest BCUT2D eigenvalue weighted by atomic mass is 16.5. The molecule has 2 aliphatic rings. The van der Waals surface area contributed by atoms with Crippen LogP contribution in [0.1, 0.15) is 45.4 Å². The van der Waals surface area contributed by atoms with Crippen molar-refractivity contribution in [2.24, 2.45) is 5.92 Å². The maximum atomic E-state index is 5.63. The third-order valence-electron chi connectivity index (χ3n) is 3.62. The molecule has 2 atom stereocenters. The van der Waals surface area contributed by atoms with Crippen LogP contribution in [0, 0.1) is 5.92 Å². The first-order valence-corrected chi connectivity index (χ1v) is 6.19. The lowest BCUT2D eigenvalue weighted by molar-refractivity contribution is 0.0952. The van der Waals surface area contributed by atoms with Gasteiger partial charge in [-0.05, 0) is 51.5 Å². The summed E-state index contributed by atoms with van der Waals surface area (Å²) in [5.41, 5.74) is 0. The maximum Gasteiger partial charge on any atom is 0.0590 e. The molecule has 1 aliphatic carbocycles.